The zero-order valence-electron chi connectivity index (χ0n) is 4.93. The molecule has 50 valence electrons. The van der Waals surface area contributed by atoms with Gasteiger partial charge in [-0.2, -0.15) is 0 Å². The predicted octanol–water partition coefficient (Wildman–Crippen LogP) is 1.48. The van der Waals surface area contributed by atoms with Crippen molar-refractivity contribution in [2.24, 2.45) is 5.73 Å². The first-order chi connectivity index (χ1) is 4.36. The van der Waals surface area contributed by atoms with Crippen molar-refractivity contribution in [2.75, 3.05) is 0 Å². The Bertz CT molecular complexity index is 166. The van der Waals surface area contributed by atoms with E-state index in [1.54, 1.807) is 0 Å². The van der Waals surface area contributed by atoms with E-state index in [0.29, 0.717) is 12.4 Å². The highest BCUT2D eigenvalue weighted by Gasteiger charge is 1.96. The van der Waals surface area contributed by atoms with Gasteiger partial charge in [-0.3, -0.25) is 0 Å². The molecular formula is C6H8ClNO. The Balaban J connectivity index is 2.74. The summed E-state index contributed by atoms with van der Waals surface area (Å²) in [7, 11) is 0. The van der Waals surface area contributed by atoms with Gasteiger partial charge in [0.25, 0.3) is 0 Å². The van der Waals surface area contributed by atoms with E-state index >= 15 is 0 Å². The van der Waals surface area contributed by atoms with E-state index in [4.69, 9.17) is 21.8 Å². The third kappa shape index (κ3) is 1.47. The van der Waals surface area contributed by atoms with Crippen molar-refractivity contribution in [1.29, 1.82) is 0 Å². The molecule has 0 aliphatic rings. The zero-order valence-corrected chi connectivity index (χ0v) is 5.69. The summed E-state index contributed by atoms with van der Waals surface area (Å²) in [6.45, 7) is 0.441. The van der Waals surface area contributed by atoms with Crippen LogP contribution in [0.3, 0.4) is 0 Å². The van der Waals surface area contributed by atoms with Gasteiger partial charge in [0.2, 0.25) is 0 Å². The van der Waals surface area contributed by atoms with Gasteiger partial charge in [-0.05, 0) is 12.1 Å². The van der Waals surface area contributed by atoms with Crippen LogP contribution in [0.2, 0.25) is 0 Å². The lowest BCUT2D eigenvalue weighted by Gasteiger charge is -1.86. The van der Waals surface area contributed by atoms with E-state index in [-0.39, 0.29) is 0 Å². The van der Waals surface area contributed by atoms with Gasteiger partial charge in [0.05, 0.1) is 12.4 Å². The molecule has 0 atom stereocenters. The van der Waals surface area contributed by atoms with Gasteiger partial charge >= 0.3 is 0 Å². The van der Waals surface area contributed by atoms with Gasteiger partial charge in [-0.25, -0.2) is 0 Å². The fraction of sp³-hybridized carbons (Fsp3) is 0.333. The Morgan fingerprint density at radius 2 is 2.11 bits per heavy atom. The summed E-state index contributed by atoms with van der Waals surface area (Å²) in [6.07, 6.45) is 0. The molecule has 9 heavy (non-hydrogen) atoms. The maximum absolute atomic E-state index is 5.46. The maximum Gasteiger partial charge on any atom is 0.119 e. The second kappa shape index (κ2) is 2.90. The molecule has 2 N–H and O–H groups in total. The second-order valence-electron chi connectivity index (χ2n) is 1.71. The maximum atomic E-state index is 5.46. The molecule has 3 heteroatoms. The minimum atomic E-state index is 0.417. The van der Waals surface area contributed by atoms with Crippen molar-refractivity contribution in [2.45, 2.75) is 12.4 Å². The first-order valence-electron chi connectivity index (χ1n) is 2.70. The lowest BCUT2D eigenvalue weighted by atomic mass is 10.4. The molecule has 1 heterocycles. The Morgan fingerprint density at radius 1 is 1.44 bits per heavy atom. The van der Waals surface area contributed by atoms with E-state index in [1.165, 1.54) is 0 Å². The monoisotopic (exact) mass is 145 g/mol. The van der Waals surface area contributed by atoms with Crippen LogP contribution < -0.4 is 5.73 Å². The highest BCUT2D eigenvalue weighted by Crippen LogP contribution is 2.08. The Morgan fingerprint density at radius 3 is 2.44 bits per heavy atom. The fourth-order valence-electron chi connectivity index (χ4n) is 0.604. The Hall–Kier alpha value is -0.470. The van der Waals surface area contributed by atoms with E-state index in [1.807, 2.05) is 12.1 Å². The van der Waals surface area contributed by atoms with Gasteiger partial charge in [-0.15, -0.1) is 11.6 Å². The van der Waals surface area contributed by atoms with E-state index < -0.39 is 0 Å². The normalized spacial score (nSPS) is 10.0. The van der Waals surface area contributed by atoms with Crippen LogP contribution in [0.1, 0.15) is 11.5 Å². The Kier molecular flexibility index (Phi) is 2.14. The average Bonchev–Trinajstić information content (AvgIpc) is 2.34. The van der Waals surface area contributed by atoms with Gasteiger partial charge in [0, 0.05) is 0 Å². The molecule has 0 unspecified atom stereocenters. The topological polar surface area (TPSA) is 39.2 Å². The molecule has 0 aromatic carbocycles. The van der Waals surface area contributed by atoms with Gasteiger partial charge in [0.1, 0.15) is 11.5 Å². The molecule has 2 nitrogen and oxygen atoms in total. The molecule has 0 fully saturated rings. The van der Waals surface area contributed by atoms with E-state index in [0.717, 1.165) is 11.5 Å². The summed E-state index contributed by atoms with van der Waals surface area (Å²) in [5.41, 5.74) is 5.28. The van der Waals surface area contributed by atoms with E-state index in [2.05, 4.69) is 0 Å². The third-order valence-corrected chi connectivity index (χ3v) is 1.31. The second-order valence-corrected chi connectivity index (χ2v) is 1.97. The predicted molar refractivity (Wildman–Crippen MR) is 36.2 cm³/mol. The van der Waals surface area contributed by atoms with Crippen LogP contribution in [0.25, 0.3) is 0 Å². The third-order valence-electron chi connectivity index (χ3n) is 1.05. The molecule has 1 aromatic heterocycles. The van der Waals surface area contributed by atoms with Crippen LogP contribution in [-0.2, 0) is 12.4 Å². The molecule has 0 amide bonds. The van der Waals surface area contributed by atoms with Gasteiger partial charge < -0.3 is 10.2 Å². The van der Waals surface area contributed by atoms with Crippen molar-refractivity contribution in [3.63, 3.8) is 0 Å². The molecule has 0 bridgehead atoms. The molecule has 0 aliphatic heterocycles. The first kappa shape index (κ1) is 6.65. The summed E-state index contributed by atoms with van der Waals surface area (Å²) >= 11 is 5.46. The molecule has 1 rings (SSSR count). The van der Waals surface area contributed by atoms with Gasteiger partial charge in [-0.1, -0.05) is 0 Å². The van der Waals surface area contributed by atoms with E-state index in [9.17, 15) is 0 Å². The first-order valence-corrected chi connectivity index (χ1v) is 3.24. The van der Waals surface area contributed by atoms with Crippen LogP contribution in [0.15, 0.2) is 16.5 Å². The number of alkyl halides is 1. The summed E-state index contributed by atoms with van der Waals surface area (Å²) in [5.74, 6) is 1.97. The summed E-state index contributed by atoms with van der Waals surface area (Å²) in [4.78, 5) is 0. The number of furan rings is 1. The largest absolute Gasteiger partial charge is 0.463 e. The van der Waals surface area contributed by atoms with Crippen LogP contribution in [0, 0.1) is 0 Å². The molecule has 0 spiro atoms. The zero-order chi connectivity index (χ0) is 6.69. The molecule has 0 aliphatic carbocycles. The lowest BCUT2D eigenvalue weighted by molar-refractivity contribution is 0.481. The Labute approximate surface area is 58.6 Å². The van der Waals surface area contributed by atoms with Crippen molar-refractivity contribution >= 4 is 11.6 Å². The number of halogens is 1. The van der Waals surface area contributed by atoms with Gasteiger partial charge in [0.15, 0.2) is 0 Å². The number of nitrogens with two attached hydrogens (primary N) is 1. The van der Waals surface area contributed by atoms with Crippen molar-refractivity contribution in [3.05, 3.63) is 23.7 Å². The highest BCUT2D eigenvalue weighted by atomic mass is 35.5. The minimum Gasteiger partial charge on any atom is -0.463 e. The molecule has 0 saturated heterocycles. The minimum absolute atomic E-state index is 0.417. The van der Waals surface area contributed by atoms with Crippen LogP contribution in [-0.4, -0.2) is 0 Å². The smallest absolute Gasteiger partial charge is 0.119 e. The highest BCUT2D eigenvalue weighted by molar-refractivity contribution is 6.16. The van der Waals surface area contributed by atoms with Crippen molar-refractivity contribution in [3.8, 4) is 0 Å². The van der Waals surface area contributed by atoms with Crippen molar-refractivity contribution in [1.82, 2.24) is 0 Å². The van der Waals surface area contributed by atoms with Crippen LogP contribution in [0.5, 0.6) is 0 Å². The number of hydrogen-bond acceptors (Lipinski definition) is 2. The fourth-order valence-corrected chi connectivity index (χ4v) is 0.747. The number of rotatable bonds is 2. The molecule has 1 aromatic rings. The average molecular weight is 146 g/mol. The molecule has 0 saturated carbocycles. The molecule has 0 radical (unpaired) electrons. The SMILES string of the molecule is NCc1ccc(CCl)o1. The lowest BCUT2D eigenvalue weighted by Crippen LogP contribution is -1.92. The van der Waals surface area contributed by atoms with Crippen LogP contribution >= 0.6 is 11.6 Å². The van der Waals surface area contributed by atoms with Crippen molar-refractivity contribution < 1.29 is 4.42 Å². The summed E-state index contributed by atoms with van der Waals surface area (Å²) < 4.78 is 5.12. The summed E-state index contributed by atoms with van der Waals surface area (Å²) in [5, 5.41) is 0. The quantitative estimate of drug-likeness (QED) is 0.641. The molecular weight excluding hydrogens is 138 g/mol. The van der Waals surface area contributed by atoms with Crippen LogP contribution in [0.4, 0.5) is 0 Å². The summed E-state index contributed by atoms with van der Waals surface area (Å²) in [6, 6.07) is 3.66. The standard InChI is InChI=1S/C6H8ClNO/c7-3-5-1-2-6(4-8)9-5/h1-2H,3-4,8H2. The number of hydrogen-bond donors (Lipinski definition) is 1.